The fraction of sp³-hybridized carbons (Fsp3) is 0.250. The number of nitrogens with zero attached hydrogens (tertiary/aromatic N) is 4. The van der Waals surface area contributed by atoms with E-state index in [1.807, 2.05) is 6.07 Å². The number of nitrogen functional groups attached to an aromatic ring is 1. The second-order valence-corrected chi connectivity index (χ2v) is 10.0. The van der Waals surface area contributed by atoms with Crippen LogP contribution in [-0.2, 0) is 22.6 Å². The molecule has 40 heavy (non-hydrogen) atoms. The van der Waals surface area contributed by atoms with E-state index in [1.165, 1.54) is 6.42 Å². The van der Waals surface area contributed by atoms with Crippen LogP contribution in [0, 0.1) is 11.3 Å². The molecule has 1 aliphatic rings. The molecular formula is C32H29N5O3. The summed E-state index contributed by atoms with van der Waals surface area (Å²) in [6.45, 7) is 2.21. The van der Waals surface area contributed by atoms with Crippen LogP contribution in [0.4, 0.5) is 5.82 Å². The second kappa shape index (κ2) is 10.7. The van der Waals surface area contributed by atoms with Gasteiger partial charge < -0.3 is 15.2 Å². The number of nitrogens with two attached hydrogens (primary N) is 1. The number of para-hydroxylation sites is 1. The van der Waals surface area contributed by atoms with Gasteiger partial charge in [0.05, 0.1) is 30.1 Å². The first-order chi connectivity index (χ1) is 19.6. The molecule has 200 valence electrons. The minimum Gasteiger partial charge on any atom is -0.486 e. The molecule has 0 amide bonds. The molecule has 8 heteroatoms. The maximum Gasteiger partial charge on any atom is 0.310 e. The maximum absolute atomic E-state index is 12.2. The quantitative estimate of drug-likeness (QED) is 0.240. The van der Waals surface area contributed by atoms with Gasteiger partial charge in [-0.05, 0) is 73.0 Å². The van der Waals surface area contributed by atoms with Gasteiger partial charge in [0.2, 0.25) is 0 Å². The number of aromatic nitrogens is 3. The summed E-state index contributed by atoms with van der Waals surface area (Å²) in [7, 11) is 0. The highest BCUT2D eigenvalue weighted by Crippen LogP contribution is 2.37. The molecule has 8 nitrogen and oxygen atoms in total. The Morgan fingerprint density at radius 1 is 1.10 bits per heavy atom. The monoisotopic (exact) mass is 531 g/mol. The van der Waals surface area contributed by atoms with Crippen LogP contribution in [0.3, 0.4) is 0 Å². The van der Waals surface area contributed by atoms with Gasteiger partial charge in [0.15, 0.2) is 0 Å². The standard InChI is InChI=1S/C32H29N5O3/c1-2-39-30(38)17-23-5-3-6-24(18-33)31(23)40-19-28-27-16-22(11-12-29(27)37(36-28)25-7-4-8-25)21-10-9-20-13-14-35-32(34)26(20)15-21/h3,5-6,9-16,25H,2,4,7-8,17,19H2,1H3,(H2,34,35). The number of rotatable bonds is 8. The summed E-state index contributed by atoms with van der Waals surface area (Å²) >= 11 is 0. The molecule has 0 radical (unpaired) electrons. The predicted molar refractivity (Wildman–Crippen MR) is 154 cm³/mol. The molecule has 2 N–H and O–H groups in total. The molecule has 0 atom stereocenters. The Morgan fingerprint density at radius 3 is 2.65 bits per heavy atom. The number of carbonyl (C=O) groups excluding carboxylic acids is 1. The number of hydrogen-bond donors (Lipinski definition) is 1. The SMILES string of the molecule is CCOC(=O)Cc1cccc(C#N)c1OCc1nn(C2CCC2)c2ccc(-c3ccc4ccnc(N)c4c3)cc12. The molecule has 0 aliphatic heterocycles. The lowest BCUT2D eigenvalue weighted by atomic mass is 9.93. The smallest absolute Gasteiger partial charge is 0.310 e. The maximum atomic E-state index is 12.2. The first kappa shape index (κ1) is 25.4. The minimum atomic E-state index is -0.363. The zero-order chi connectivity index (χ0) is 27.6. The van der Waals surface area contributed by atoms with E-state index in [4.69, 9.17) is 20.3 Å². The van der Waals surface area contributed by atoms with Gasteiger partial charge in [-0.3, -0.25) is 9.48 Å². The summed E-state index contributed by atoms with van der Waals surface area (Å²) in [5.74, 6) is 0.526. The average molecular weight is 532 g/mol. The largest absolute Gasteiger partial charge is 0.486 e. The molecule has 2 aromatic heterocycles. The van der Waals surface area contributed by atoms with E-state index in [1.54, 1.807) is 31.3 Å². The third kappa shape index (κ3) is 4.71. The van der Waals surface area contributed by atoms with Crippen molar-refractivity contribution in [3.8, 4) is 22.9 Å². The van der Waals surface area contributed by atoms with Gasteiger partial charge in [-0.1, -0.05) is 30.3 Å². The van der Waals surface area contributed by atoms with Gasteiger partial charge in [-0.15, -0.1) is 0 Å². The minimum absolute atomic E-state index is 0.0278. The van der Waals surface area contributed by atoms with E-state index in [0.29, 0.717) is 35.3 Å². The van der Waals surface area contributed by atoms with Crippen molar-refractivity contribution in [3.63, 3.8) is 0 Å². The van der Waals surface area contributed by atoms with Crippen LogP contribution in [0.2, 0.25) is 0 Å². The van der Waals surface area contributed by atoms with Crippen molar-refractivity contribution in [1.29, 1.82) is 5.26 Å². The molecule has 1 saturated carbocycles. The molecule has 0 saturated heterocycles. The molecule has 2 heterocycles. The van der Waals surface area contributed by atoms with E-state index in [0.717, 1.165) is 51.3 Å². The molecule has 0 unspecified atom stereocenters. The number of nitriles is 1. The predicted octanol–water partition coefficient (Wildman–Crippen LogP) is 6.11. The number of hydrogen-bond acceptors (Lipinski definition) is 7. The van der Waals surface area contributed by atoms with Gasteiger partial charge in [-0.2, -0.15) is 10.4 Å². The van der Waals surface area contributed by atoms with Crippen molar-refractivity contribution in [2.45, 2.75) is 45.3 Å². The molecule has 5 aromatic rings. The van der Waals surface area contributed by atoms with E-state index in [2.05, 4.69) is 52.1 Å². The Bertz CT molecular complexity index is 1780. The van der Waals surface area contributed by atoms with Gasteiger partial charge in [-0.25, -0.2) is 4.98 Å². The van der Waals surface area contributed by atoms with Crippen LogP contribution in [0.5, 0.6) is 5.75 Å². The van der Waals surface area contributed by atoms with Crippen LogP contribution in [0.1, 0.15) is 49.0 Å². The van der Waals surface area contributed by atoms with Gasteiger partial charge in [0.25, 0.3) is 0 Å². The zero-order valence-corrected chi connectivity index (χ0v) is 22.3. The zero-order valence-electron chi connectivity index (χ0n) is 22.3. The summed E-state index contributed by atoms with van der Waals surface area (Å²) in [6, 6.07) is 22.3. The second-order valence-electron chi connectivity index (χ2n) is 10.0. The number of ether oxygens (including phenoxy) is 2. The molecule has 1 fully saturated rings. The summed E-state index contributed by atoms with van der Waals surface area (Å²) in [5.41, 5.74) is 11.0. The van der Waals surface area contributed by atoms with Crippen LogP contribution in [0.25, 0.3) is 32.8 Å². The number of benzene rings is 3. The number of esters is 1. The van der Waals surface area contributed by atoms with Crippen molar-refractivity contribution in [1.82, 2.24) is 14.8 Å². The molecule has 3 aromatic carbocycles. The first-order valence-electron chi connectivity index (χ1n) is 13.5. The fourth-order valence-corrected chi connectivity index (χ4v) is 5.26. The van der Waals surface area contributed by atoms with Gasteiger partial charge in [0.1, 0.15) is 29.9 Å². The van der Waals surface area contributed by atoms with Crippen molar-refractivity contribution in [2.75, 3.05) is 12.3 Å². The Balaban J connectivity index is 1.38. The first-order valence-corrected chi connectivity index (χ1v) is 13.5. The summed E-state index contributed by atoms with van der Waals surface area (Å²) in [6.07, 6.45) is 5.12. The Morgan fingerprint density at radius 2 is 1.90 bits per heavy atom. The number of carbonyl (C=O) groups is 1. The summed E-state index contributed by atoms with van der Waals surface area (Å²) in [5, 5.41) is 17.7. The van der Waals surface area contributed by atoms with Gasteiger partial charge >= 0.3 is 5.97 Å². The highest BCUT2D eigenvalue weighted by atomic mass is 16.5. The number of fused-ring (bicyclic) bond motifs is 2. The molecule has 0 spiro atoms. The van der Waals surface area contributed by atoms with Crippen molar-refractivity contribution >= 4 is 33.5 Å². The molecular weight excluding hydrogens is 502 g/mol. The Labute approximate surface area is 232 Å². The Hall–Kier alpha value is -4.90. The third-order valence-corrected chi connectivity index (χ3v) is 7.54. The Kier molecular flexibility index (Phi) is 6.79. The lowest BCUT2D eigenvalue weighted by Gasteiger charge is -2.26. The van der Waals surface area contributed by atoms with Crippen molar-refractivity contribution in [2.24, 2.45) is 0 Å². The average Bonchev–Trinajstić information content (AvgIpc) is 3.28. The van der Waals surface area contributed by atoms with E-state index in [9.17, 15) is 10.1 Å². The van der Waals surface area contributed by atoms with Crippen molar-refractivity contribution < 1.29 is 14.3 Å². The van der Waals surface area contributed by atoms with Gasteiger partial charge in [0, 0.05) is 22.5 Å². The summed E-state index contributed by atoms with van der Waals surface area (Å²) < 4.78 is 13.5. The highest BCUT2D eigenvalue weighted by Gasteiger charge is 2.24. The number of pyridine rings is 1. The fourth-order valence-electron chi connectivity index (χ4n) is 5.26. The van der Waals surface area contributed by atoms with Crippen LogP contribution < -0.4 is 10.5 Å². The third-order valence-electron chi connectivity index (χ3n) is 7.54. The normalized spacial score (nSPS) is 13.2. The van der Waals surface area contributed by atoms with Crippen LogP contribution in [0.15, 0.2) is 66.9 Å². The topological polar surface area (TPSA) is 116 Å². The number of anilines is 1. The summed E-state index contributed by atoms with van der Waals surface area (Å²) in [4.78, 5) is 16.5. The lowest BCUT2D eigenvalue weighted by Crippen LogP contribution is -2.18. The van der Waals surface area contributed by atoms with E-state index in [-0.39, 0.29) is 19.0 Å². The van der Waals surface area contributed by atoms with Crippen molar-refractivity contribution in [3.05, 3.63) is 83.7 Å². The highest BCUT2D eigenvalue weighted by molar-refractivity contribution is 5.95. The van der Waals surface area contributed by atoms with Crippen LogP contribution >= 0.6 is 0 Å². The lowest BCUT2D eigenvalue weighted by molar-refractivity contribution is -0.142. The van der Waals surface area contributed by atoms with E-state index < -0.39 is 0 Å². The molecule has 1 aliphatic carbocycles. The molecule has 6 rings (SSSR count). The molecule has 0 bridgehead atoms. The van der Waals surface area contributed by atoms with Crippen LogP contribution in [-0.4, -0.2) is 27.3 Å². The van der Waals surface area contributed by atoms with E-state index >= 15 is 0 Å².